The summed E-state index contributed by atoms with van der Waals surface area (Å²) in [5, 5.41) is 0. The third kappa shape index (κ3) is 1.50. The average Bonchev–Trinajstić information content (AvgIpc) is 2.15. The van der Waals surface area contributed by atoms with Crippen LogP contribution in [-0.2, 0) is 0 Å². The van der Waals surface area contributed by atoms with Gasteiger partial charge < -0.3 is 9.72 Å². The van der Waals surface area contributed by atoms with Gasteiger partial charge in [-0.1, -0.05) is 15.9 Å². The molecule has 14 heavy (non-hydrogen) atoms. The van der Waals surface area contributed by atoms with E-state index in [1.54, 1.807) is 19.2 Å². The minimum absolute atomic E-state index is 0.224. The van der Waals surface area contributed by atoms with Crippen molar-refractivity contribution >= 4 is 27.0 Å². The van der Waals surface area contributed by atoms with Gasteiger partial charge in [0.25, 0.3) is 5.56 Å². The summed E-state index contributed by atoms with van der Waals surface area (Å²) < 4.78 is 5.97. The Morgan fingerprint density at radius 3 is 3.00 bits per heavy atom. The molecule has 0 fully saturated rings. The third-order valence-electron chi connectivity index (χ3n) is 1.83. The molecule has 0 bridgehead atoms. The fourth-order valence-corrected chi connectivity index (χ4v) is 1.68. The van der Waals surface area contributed by atoms with Gasteiger partial charge in [-0.2, -0.15) is 0 Å². The third-order valence-corrected chi connectivity index (χ3v) is 2.29. The molecule has 0 atom stereocenters. The predicted molar refractivity (Wildman–Crippen MR) is 56.6 cm³/mol. The number of hydrogen-bond donors (Lipinski definition) is 1. The van der Waals surface area contributed by atoms with Crippen LogP contribution in [0.4, 0.5) is 0 Å². The minimum Gasteiger partial charge on any atom is -0.494 e. The quantitative estimate of drug-likeness (QED) is 0.843. The Kier molecular flexibility index (Phi) is 2.25. The van der Waals surface area contributed by atoms with Crippen molar-refractivity contribution < 1.29 is 4.74 Å². The lowest BCUT2D eigenvalue weighted by Gasteiger charge is -2.04. The van der Waals surface area contributed by atoms with Gasteiger partial charge >= 0.3 is 0 Å². The van der Waals surface area contributed by atoms with E-state index in [4.69, 9.17) is 4.74 Å². The van der Waals surface area contributed by atoms with Gasteiger partial charge in [-0.15, -0.1) is 0 Å². The Hall–Kier alpha value is -1.36. The van der Waals surface area contributed by atoms with Crippen molar-refractivity contribution in [3.63, 3.8) is 0 Å². The van der Waals surface area contributed by atoms with Crippen molar-refractivity contribution in [3.05, 3.63) is 33.2 Å². The molecule has 0 aliphatic heterocycles. The van der Waals surface area contributed by atoms with Gasteiger partial charge in [0, 0.05) is 4.47 Å². The zero-order valence-electron chi connectivity index (χ0n) is 7.37. The molecule has 72 valence electrons. The number of halogens is 1. The van der Waals surface area contributed by atoms with Crippen LogP contribution in [0, 0.1) is 0 Å². The normalized spacial score (nSPS) is 10.4. The molecule has 0 aliphatic rings. The summed E-state index contributed by atoms with van der Waals surface area (Å²) in [6.07, 6.45) is 1.23. The van der Waals surface area contributed by atoms with E-state index < -0.39 is 0 Å². The number of H-pyrrole nitrogens is 1. The molecule has 1 aromatic heterocycles. The van der Waals surface area contributed by atoms with Crippen molar-refractivity contribution in [2.75, 3.05) is 7.11 Å². The second-order valence-corrected chi connectivity index (χ2v) is 3.67. The van der Waals surface area contributed by atoms with E-state index in [0.29, 0.717) is 16.8 Å². The van der Waals surface area contributed by atoms with Crippen LogP contribution in [0.1, 0.15) is 0 Å². The molecule has 0 saturated carbocycles. The number of rotatable bonds is 1. The van der Waals surface area contributed by atoms with Crippen LogP contribution in [0.15, 0.2) is 27.6 Å². The van der Waals surface area contributed by atoms with Crippen molar-refractivity contribution in [3.8, 4) is 5.75 Å². The molecule has 0 saturated heterocycles. The number of nitrogens with one attached hydrogen (secondary N) is 1. The smallest absolute Gasteiger partial charge is 0.266 e. The van der Waals surface area contributed by atoms with E-state index in [2.05, 4.69) is 25.9 Å². The first-order valence-electron chi connectivity index (χ1n) is 3.93. The molecule has 1 heterocycles. The first-order valence-corrected chi connectivity index (χ1v) is 4.72. The summed E-state index contributed by atoms with van der Waals surface area (Å²) in [6.45, 7) is 0. The largest absolute Gasteiger partial charge is 0.494 e. The fraction of sp³-hybridized carbons (Fsp3) is 0.111. The highest BCUT2D eigenvalue weighted by molar-refractivity contribution is 9.10. The Bertz CT molecular complexity index is 536. The molecule has 0 radical (unpaired) electrons. The van der Waals surface area contributed by atoms with E-state index in [0.717, 1.165) is 4.47 Å². The van der Waals surface area contributed by atoms with Crippen LogP contribution >= 0.6 is 15.9 Å². The highest BCUT2D eigenvalue weighted by atomic mass is 79.9. The van der Waals surface area contributed by atoms with Crippen molar-refractivity contribution in [2.45, 2.75) is 0 Å². The summed E-state index contributed by atoms with van der Waals surface area (Å²) >= 11 is 3.32. The van der Waals surface area contributed by atoms with Gasteiger partial charge in [0.15, 0.2) is 0 Å². The van der Waals surface area contributed by atoms with Crippen molar-refractivity contribution in [2.24, 2.45) is 0 Å². The van der Waals surface area contributed by atoms with Crippen molar-refractivity contribution in [1.29, 1.82) is 0 Å². The summed E-state index contributed by atoms with van der Waals surface area (Å²) in [6, 6.07) is 3.58. The summed E-state index contributed by atoms with van der Waals surface area (Å²) in [5.41, 5.74) is 1.08. The number of nitrogens with zero attached hydrogens (tertiary/aromatic N) is 1. The zero-order chi connectivity index (χ0) is 10.1. The Morgan fingerprint density at radius 2 is 2.29 bits per heavy atom. The van der Waals surface area contributed by atoms with Gasteiger partial charge in [-0.3, -0.25) is 4.79 Å². The fourth-order valence-electron chi connectivity index (χ4n) is 1.25. The number of methoxy groups -OCH3 is 1. The molecule has 5 heteroatoms. The number of hydrogen-bond acceptors (Lipinski definition) is 3. The number of aromatic amines is 1. The standard InChI is InChI=1S/C9H7BrN2O2/c1-14-7-3-5(10)2-6-9(7)11-4-8(13)12-6/h2-4H,1H3,(H,12,13). The zero-order valence-corrected chi connectivity index (χ0v) is 8.96. The molecular weight excluding hydrogens is 248 g/mol. The maximum atomic E-state index is 11.0. The van der Waals surface area contributed by atoms with E-state index >= 15 is 0 Å². The second kappa shape index (κ2) is 3.42. The monoisotopic (exact) mass is 254 g/mol. The number of ether oxygens (including phenoxy) is 1. The van der Waals surface area contributed by atoms with Gasteiger partial charge in [-0.25, -0.2) is 4.98 Å². The van der Waals surface area contributed by atoms with Gasteiger partial charge in [0.2, 0.25) is 0 Å². The van der Waals surface area contributed by atoms with Gasteiger partial charge in [-0.05, 0) is 12.1 Å². The lowest BCUT2D eigenvalue weighted by Crippen LogP contribution is -2.05. The molecule has 1 aromatic carbocycles. The first kappa shape index (κ1) is 9.21. The number of benzene rings is 1. The van der Waals surface area contributed by atoms with Crippen LogP contribution in [-0.4, -0.2) is 17.1 Å². The molecule has 0 spiro atoms. The topological polar surface area (TPSA) is 55.0 Å². The maximum absolute atomic E-state index is 11.0. The molecule has 2 aromatic rings. The van der Waals surface area contributed by atoms with Crippen LogP contribution in [0.2, 0.25) is 0 Å². The van der Waals surface area contributed by atoms with E-state index in [9.17, 15) is 4.79 Å². The predicted octanol–water partition coefficient (Wildman–Crippen LogP) is 1.69. The van der Waals surface area contributed by atoms with Crippen LogP contribution in [0.5, 0.6) is 5.75 Å². The van der Waals surface area contributed by atoms with Crippen LogP contribution < -0.4 is 10.3 Å². The van der Waals surface area contributed by atoms with Crippen molar-refractivity contribution in [1.82, 2.24) is 9.97 Å². The van der Waals surface area contributed by atoms with E-state index in [-0.39, 0.29) is 5.56 Å². The van der Waals surface area contributed by atoms with Crippen LogP contribution in [0.25, 0.3) is 11.0 Å². The van der Waals surface area contributed by atoms with Crippen LogP contribution in [0.3, 0.4) is 0 Å². The summed E-state index contributed by atoms with van der Waals surface area (Å²) in [7, 11) is 1.56. The second-order valence-electron chi connectivity index (χ2n) is 2.75. The molecule has 4 nitrogen and oxygen atoms in total. The van der Waals surface area contributed by atoms with E-state index in [1.165, 1.54) is 6.20 Å². The molecule has 0 aliphatic carbocycles. The molecule has 0 unspecified atom stereocenters. The Morgan fingerprint density at radius 1 is 1.50 bits per heavy atom. The number of fused-ring (bicyclic) bond motifs is 1. The summed E-state index contributed by atoms with van der Waals surface area (Å²) in [4.78, 5) is 17.7. The highest BCUT2D eigenvalue weighted by Crippen LogP contribution is 2.26. The lowest BCUT2D eigenvalue weighted by atomic mass is 10.3. The minimum atomic E-state index is -0.224. The molecule has 1 N–H and O–H groups in total. The van der Waals surface area contributed by atoms with Gasteiger partial charge in [0.05, 0.1) is 18.8 Å². The first-order chi connectivity index (χ1) is 6.70. The SMILES string of the molecule is COc1cc(Br)cc2[nH]c(=O)cnc12. The Balaban J connectivity index is 2.87. The Labute approximate surface area is 88.1 Å². The maximum Gasteiger partial charge on any atom is 0.266 e. The molecule has 2 rings (SSSR count). The molecular formula is C9H7BrN2O2. The number of aromatic nitrogens is 2. The lowest BCUT2D eigenvalue weighted by molar-refractivity contribution is 0.418. The van der Waals surface area contributed by atoms with E-state index in [1.807, 2.05) is 0 Å². The highest BCUT2D eigenvalue weighted by Gasteiger charge is 2.04. The molecule has 0 amide bonds. The average molecular weight is 255 g/mol. The summed E-state index contributed by atoms with van der Waals surface area (Å²) in [5.74, 6) is 0.630. The van der Waals surface area contributed by atoms with Gasteiger partial charge in [0.1, 0.15) is 11.3 Å².